The maximum atomic E-state index is 11.1. The molecule has 1 aromatic heterocycles. The number of carboxylic acids is 1. The molecule has 0 amide bonds. The maximum Gasteiger partial charge on any atom is 0.356 e. The number of hydrogen-bond donors (Lipinski definition) is 1. The molecule has 0 spiro atoms. The van der Waals surface area contributed by atoms with Gasteiger partial charge in [-0.25, -0.2) is 9.78 Å². The molecular formula is C21H36N2O2. The first-order valence-corrected chi connectivity index (χ1v) is 10.3. The van der Waals surface area contributed by atoms with Crippen molar-refractivity contribution < 1.29 is 9.90 Å². The van der Waals surface area contributed by atoms with E-state index < -0.39 is 5.97 Å². The van der Waals surface area contributed by atoms with Crippen LogP contribution in [0.25, 0.3) is 0 Å². The van der Waals surface area contributed by atoms with E-state index in [9.17, 15) is 4.79 Å². The number of aryl methyl sites for hydroxylation is 1. The Morgan fingerprint density at radius 1 is 0.760 bits per heavy atom. The second-order valence-electron chi connectivity index (χ2n) is 7.00. The highest BCUT2D eigenvalue weighted by Gasteiger charge is 2.11. The van der Waals surface area contributed by atoms with Crippen LogP contribution in [0.4, 0.5) is 0 Å². The van der Waals surface area contributed by atoms with E-state index in [1.807, 2.05) is 0 Å². The number of hydrogen-bond acceptors (Lipinski definition) is 3. The highest BCUT2D eigenvalue weighted by atomic mass is 16.4. The lowest BCUT2D eigenvalue weighted by Gasteiger charge is -2.04. The van der Waals surface area contributed by atoms with Gasteiger partial charge in [-0.3, -0.25) is 4.98 Å². The quantitative estimate of drug-likeness (QED) is 0.361. The molecule has 142 valence electrons. The van der Waals surface area contributed by atoms with Crippen LogP contribution in [0.1, 0.15) is 113 Å². The van der Waals surface area contributed by atoms with E-state index >= 15 is 0 Å². The number of carbonyl (C=O) groups is 1. The van der Waals surface area contributed by atoms with Gasteiger partial charge in [-0.15, -0.1) is 0 Å². The summed E-state index contributed by atoms with van der Waals surface area (Å²) in [6.07, 6.45) is 22.3. The first-order valence-electron chi connectivity index (χ1n) is 10.3. The standard InChI is InChI=1S/C21H36N2O2/c1-2-3-4-5-6-7-8-9-10-11-12-13-14-15-16-19-20(21(24)25)23-18-17-22-19/h17-18H,2-16H2,1H3,(H,24,25). The molecule has 0 aromatic carbocycles. The summed E-state index contributed by atoms with van der Waals surface area (Å²) in [6.45, 7) is 2.27. The number of carboxylic acid groups (broad SMARTS) is 1. The van der Waals surface area contributed by atoms with Crippen LogP contribution in [0.5, 0.6) is 0 Å². The molecule has 1 heterocycles. The summed E-state index contributed by atoms with van der Waals surface area (Å²) in [5.41, 5.74) is 0.728. The molecule has 0 aliphatic rings. The minimum Gasteiger partial charge on any atom is -0.476 e. The summed E-state index contributed by atoms with van der Waals surface area (Å²) < 4.78 is 0. The normalized spacial score (nSPS) is 10.9. The molecule has 0 saturated carbocycles. The molecule has 4 nitrogen and oxygen atoms in total. The van der Waals surface area contributed by atoms with Crippen molar-refractivity contribution in [2.24, 2.45) is 0 Å². The van der Waals surface area contributed by atoms with Crippen LogP contribution in [0.2, 0.25) is 0 Å². The molecular weight excluding hydrogens is 312 g/mol. The Bertz CT molecular complexity index is 463. The van der Waals surface area contributed by atoms with Crippen molar-refractivity contribution in [3.05, 3.63) is 23.8 Å². The monoisotopic (exact) mass is 348 g/mol. The second kappa shape index (κ2) is 14.9. The lowest BCUT2D eigenvalue weighted by atomic mass is 10.0. The molecule has 0 unspecified atom stereocenters. The van der Waals surface area contributed by atoms with Crippen molar-refractivity contribution >= 4 is 5.97 Å². The van der Waals surface area contributed by atoms with Crippen LogP contribution in [-0.4, -0.2) is 21.0 Å². The zero-order chi connectivity index (χ0) is 18.2. The summed E-state index contributed by atoms with van der Waals surface area (Å²) in [4.78, 5) is 19.1. The van der Waals surface area contributed by atoms with Gasteiger partial charge in [-0.1, -0.05) is 90.4 Å². The predicted molar refractivity (Wildman–Crippen MR) is 103 cm³/mol. The highest BCUT2D eigenvalue weighted by molar-refractivity contribution is 5.86. The zero-order valence-electron chi connectivity index (χ0n) is 16.0. The Kier molecular flexibility index (Phi) is 12.8. The number of rotatable bonds is 16. The summed E-state index contributed by atoms with van der Waals surface area (Å²) in [5.74, 6) is -0.978. The van der Waals surface area contributed by atoms with Gasteiger partial charge in [-0.05, 0) is 12.8 Å². The first kappa shape index (κ1) is 21.6. The van der Waals surface area contributed by atoms with Crippen LogP contribution >= 0.6 is 0 Å². The van der Waals surface area contributed by atoms with Gasteiger partial charge >= 0.3 is 5.97 Å². The van der Waals surface area contributed by atoms with Gasteiger partial charge in [0.05, 0.1) is 5.69 Å². The lowest BCUT2D eigenvalue weighted by Crippen LogP contribution is -2.07. The van der Waals surface area contributed by atoms with Crippen molar-refractivity contribution in [1.29, 1.82) is 0 Å². The van der Waals surface area contributed by atoms with E-state index in [2.05, 4.69) is 16.9 Å². The fraction of sp³-hybridized carbons (Fsp3) is 0.762. The Morgan fingerprint density at radius 3 is 1.68 bits per heavy atom. The Labute approximate surface area is 153 Å². The Balaban J connectivity index is 1.90. The van der Waals surface area contributed by atoms with Crippen LogP contribution < -0.4 is 0 Å². The van der Waals surface area contributed by atoms with Crippen LogP contribution in [0.3, 0.4) is 0 Å². The third-order valence-electron chi connectivity index (χ3n) is 4.74. The molecule has 25 heavy (non-hydrogen) atoms. The molecule has 0 fully saturated rings. The van der Waals surface area contributed by atoms with Gasteiger partial charge in [0.15, 0.2) is 5.69 Å². The molecule has 0 saturated heterocycles. The maximum absolute atomic E-state index is 11.1. The van der Waals surface area contributed by atoms with Gasteiger partial charge in [0.1, 0.15) is 0 Å². The Hall–Kier alpha value is -1.45. The van der Waals surface area contributed by atoms with E-state index in [4.69, 9.17) is 5.11 Å². The highest BCUT2D eigenvalue weighted by Crippen LogP contribution is 2.14. The average molecular weight is 349 g/mol. The van der Waals surface area contributed by atoms with Gasteiger partial charge < -0.3 is 5.11 Å². The molecule has 0 bridgehead atoms. The zero-order valence-corrected chi connectivity index (χ0v) is 16.0. The molecule has 1 aromatic rings. The fourth-order valence-electron chi connectivity index (χ4n) is 3.22. The van der Waals surface area contributed by atoms with Crippen molar-refractivity contribution in [3.8, 4) is 0 Å². The minimum absolute atomic E-state index is 0.109. The van der Waals surface area contributed by atoms with Gasteiger partial charge in [0.25, 0.3) is 0 Å². The predicted octanol–water partition coefficient (Wildman–Crippen LogP) is 6.20. The van der Waals surface area contributed by atoms with Crippen LogP contribution in [0, 0.1) is 0 Å². The second-order valence-corrected chi connectivity index (χ2v) is 7.00. The van der Waals surface area contributed by atoms with Gasteiger partial charge in [0.2, 0.25) is 0 Å². The van der Waals surface area contributed by atoms with E-state index in [-0.39, 0.29) is 5.69 Å². The number of aromatic carboxylic acids is 1. The number of unbranched alkanes of at least 4 members (excludes halogenated alkanes) is 13. The van der Waals surface area contributed by atoms with Crippen LogP contribution in [0.15, 0.2) is 12.4 Å². The van der Waals surface area contributed by atoms with Gasteiger partial charge in [0, 0.05) is 12.4 Å². The Morgan fingerprint density at radius 2 is 1.20 bits per heavy atom. The fourth-order valence-corrected chi connectivity index (χ4v) is 3.22. The van der Waals surface area contributed by atoms with Crippen molar-refractivity contribution in [1.82, 2.24) is 9.97 Å². The minimum atomic E-state index is -0.978. The summed E-state index contributed by atoms with van der Waals surface area (Å²) in [6, 6.07) is 0. The molecule has 0 atom stereocenters. The van der Waals surface area contributed by atoms with Gasteiger partial charge in [-0.2, -0.15) is 0 Å². The summed E-state index contributed by atoms with van der Waals surface area (Å²) in [7, 11) is 0. The number of nitrogens with zero attached hydrogens (tertiary/aromatic N) is 2. The van der Waals surface area contributed by atoms with E-state index in [1.54, 1.807) is 6.20 Å². The molecule has 0 aliphatic carbocycles. The summed E-state index contributed by atoms with van der Waals surface area (Å²) in [5, 5.41) is 9.08. The summed E-state index contributed by atoms with van der Waals surface area (Å²) >= 11 is 0. The topological polar surface area (TPSA) is 63.1 Å². The molecule has 0 radical (unpaired) electrons. The third kappa shape index (κ3) is 10.9. The van der Waals surface area contributed by atoms with Crippen molar-refractivity contribution in [3.63, 3.8) is 0 Å². The molecule has 1 rings (SSSR count). The van der Waals surface area contributed by atoms with E-state index in [0.29, 0.717) is 12.1 Å². The van der Waals surface area contributed by atoms with Crippen LogP contribution in [-0.2, 0) is 6.42 Å². The van der Waals surface area contributed by atoms with Crippen molar-refractivity contribution in [2.75, 3.05) is 0 Å². The SMILES string of the molecule is CCCCCCCCCCCCCCCCc1nccnc1C(=O)O. The van der Waals surface area contributed by atoms with Crippen molar-refractivity contribution in [2.45, 2.75) is 103 Å². The molecule has 4 heteroatoms. The van der Waals surface area contributed by atoms with E-state index in [1.165, 1.54) is 83.2 Å². The molecule has 0 aliphatic heterocycles. The number of aromatic nitrogens is 2. The first-order chi connectivity index (χ1) is 12.3. The average Bonchev–Trinajstić information content (AvgIpc) is 2.62. The largest absolute Gasteiger partial charge is 0.476 e. The van der Waals surface area contributed by atoms with E-state index in [0.717, 1.165) is 12.8 Å². The molecule has 1 N–H and O–H groups in total. The smallest absolute Gasteiger partial charge is 0.356 e. The third-order valence-corrected chi connectivity index (χ3v) is 4.74. The lowest BCUT2D eigenvalue weighted by molar-refractivity contribution is 0.0688.